The molecule has 5 rings (SSSR count). The Balaban J connectivity index is 1.37. The first-order valence-electron chi connectivity index (χ1n) is 10.9. The second-order valence-electron chi connectivity index (χ2n) is 7.67. The standard InChI is InChI=1S/C26H23N5O2S/c1-33-22-14-12-20(13-15-22)25-27-28-26(31(25)21-10-6-3-7-11-21)34-18-24(32)30-17-16-23(29-30)19-8-4-2-5-9-19/h2-15H,16-18H2,1H3. The summed E-state index contributed by atoms with van der Waals surface area (Å²) in [4.78, 5) is 12.9. The van der Waals surface area contributed by atoms with Crippen molar-refractivity contribution in [1.29, 1.82) is 0 Å². The van der Waals surface area contributed by atoms with E-state index in [0.29, 0.717) is 17.5 Å². The number of ether oxygens (including phenoxy) is 1. The molecule has 1 aromatic heterocycles. The van der Waals surface area contributed by atoms with Crippen LogP contribution in [0.1, 0.15) is 12.0 Å². The first-order chi connectivity index (χ1) is 16.7. The molecule has 3 aromatic carbocycles. The van der Waals surface area contributed by atoms with E-state index in [1.165, 1.54) is 11.8 Å². The SMILES string of the molecule is COc1ccc(-c2nnc(SCC(=O)N3CCC(c4ccccc4)=N3)n2-c2ccccc2)cc1. The van der Waals surface area contributed by atoms with Gasteiger partial charge in [-0.3, -0.25) is 9.36 Å². The Morgan fingerprint density at radius 1 is 0.912 bits per heavy atom. The van der Waals surface area contributed by atoms with Crippen molar-refractivity contribution in [2.45, 2.75) is 11.6 Å². The van der Waals surface area contributed by atoms with Gasteiger partial charge in [-0.05, 0) is 42.0 Å². The third-order valence-corrected chi connectivity index (χ3v) is 6.43. The number of carbonyl (C=O) groups excluding carboxylic acids is 1. The van der Waals surface area contributed by atoms with E-state index in [2.05, 4.69) is 15.3 Å². The highest BCUT2D eigenvalue weighted by Gasteiger charge is 2.23. The third-order valence-electron chi connectivity index (χ3n) is 5.52. The smallest absolute Gasteiger partial charge is 0.253 e. The summed E-state index contributed by atoms with van der Waals surface area (Å²) >= 11 is 1.36. The van der Waals surface area contributed by atoms with E-state index < -0.39 is 0 Å². The molecule has 0 saturated heterocycles. The Labute approximate surface area is 202 Å². The Morgan fingerprint density at radius 3 is 2.32 bits per heavy atom. The monoisotopic (exact) mass is 469 g/mol. The average Bonchev–Trinajstić information content (AvgIpc) is 3.56. The van der Waals surface area contributed by atoms with E-state index in [0.717, 1.165) is 34.7 Å². The number of thioether (sulfide) groups is 1. The maximum absolute atomic E-state index is 12.9. The van der Waals surface area contributed by atoms with Gasteiger partial charge in [0.25, 0.3) is 5.91 Å². The van der Waals surface area contributed by atoms with Crippen LogP contribution in [0.15, 0.2) is 95.2 Å². The average molecular weight is 470 g/mol. The predicted octanol–water partition coefficient (Wildman–Crippen LogP) is 4.67. The van der Waals surface area contributed by atoms with Gasteiger partial charge in [0.15, 0.2) is 11.0 Å². The molecule has 1 aliphatic heterocycles. The number of rotatable bonds is 7. The van der Waals surface area contributed by atoms with Crippen LogP contribution in [0.4, 0.5) is 0 Å². The third kappa shape index (κ3) is 4.58. The maximum Gasteiger partial charge on any atom is 0.253 e. The Bertz CT molecular complexity index is 1300. The number of amides is 1. The molecule has 1 aliphatic rings. The molecule has 0 radical (unpaired) electrons. The molecule has 0 atom stereocenters. The maximum atomic E-state index is 12.9. The van der Waals surface area contributed by atoms with Gasteiger partial charge in [-0.2, -0.15) is 5.10 Å². The lowest BCUT2D eigenvalue weighted by Gasteiger charge is -2.12. The van der Waals surface area contributed by atoms with Crippen molar-refractivity contribution in [3.63, 3.8) is 0 Å². The van der Waals surface area contributed by atoms with Crippen LogP contribution in [0, 0.1) is 0 Å². The summed E-state index contributed by atoms with van der Waals surface area (Å²) in [7, 11) is 1.64. The van der Waals surface area contributed by atoms with E-state index in [1.54, 1.807) is 12.1 Å². The van der Waals surface area contributed by atoms with Gasteiger partial charge < -0.3 is 4.74 Å². The van der Waals surface area contributed by atoms with Crippen molar-refractivity contribution in [2.75, 3.05) is 19.4 Å². The van der Waals surface area contributed by atoms with Crippen molar-refractivity contribution in [3.8, 4) is 22.8 Å². The lowest BCUT2D eigenvalue weighted by Crippen LogP contribution is -2.25. The van der Waals surface area contributed by atoms with Crippen LogP contribution in [0.2, 0.25) is 0 Å². The summed E-state index contributed by atoms with van der Waals surface area (Å²) in [5, 5.41) is 15.6. The predicted molar refractivity (Wildman–Crippen MR) is 133 cm³/mol. The fraction of sp³-hybridized carbons (Fsp3) is 0.154. The molecule has 2 heterocycles. The van der Waals surface area contributed by atoms with Crippen LogP contribution in [0.25, 0.3) is 17.1 Å². The molecule has 4 aromatic rings. The fourth-order valence-electron chi connectivity index (χ4n) is 3.77. The molecule has 0 aliphatic carbocycles. The van der Waals surface area contributed by atoms with Gasteiger partial charge in [0.05, 0.1) is 25.1 Å². The quantitative estimate of drug-likeness (QED) is 0.368. The molecule has 0 N–H and O–H groups in total. The van der Waals surface area contributed by atoms with E-state index >= 15 is 0 Å². The number of methoxy groups -OCH3 is 1. The minimum absolute atomic E-state index is 0.0514. The lowest BCUT2D eigenvalue weighted by atomic mass is 10.1. The van der Waals surface area contributed by atoms with Gasteiger partial charge in [-0.15, -0.1) is 10.2 Å². The molecular weight excluding hydrogens is 446 g/mol. The number of carbonyl (C=O) groups is 1. The molecule has 0 spiro atoms. The van der Waals surface area contributed by atoms with Gasteiger partial charge in [0.2, 0.25) is 0 Å². The van der Waals surface area contributed by atoms with Gasteiger partial charge in [-0.1, -0.05) is 60.3 Å². The van der Waals surface area contributed by atoms with Crippen LogP contribution < -0.4 is 4.74 Å². The van der Waals surface area contributed by atoms with Gasteiger partial charge in [0, 0.05) is 17.7 Å². The van der Waals surface area contributed by atoms with Crippen molar-refractivity contribution in [3.05, 3.63) is 90.5 Å². The lowest BCUT2D eigenvalue weighted by molar-refractivity contribution is -0.127. The Kier molecular flexibility index (Phi) is 6.40. The molecule has 34 heavy (non-hydrogen) atoms. The first-order valence-corrected chi connectivity index (χ1v) is 11.9. The molecule has 0 bridgehead atoms. The van der Waals surface area contributed by atoms with E-state index in [9.17, 15) is 4.79 Å². The van der Waals surface area contributed by atoms with Crippen LogP contribution in [0.5, 0.6) is 5.75 Å². The first kappa shape index (κ1) is 21.9. The number of nitrogens with zero attached hydrogens (tertiary/aromatic N) is 5. The van der Waals surface area contributed by atoms with E-state index in [1.807, 2.05) is 89.5 Å². The zero-order valence-corrected chi connectivity index (χ0v) is 19.5. The number of hydrogen-bond donors (Lipinski definition) is 0. The van der Waals surface area contributed by atoms with Gasteiger partial charge in [0.1, 0.15) is 5.75 Å². The summed E-state index contributed by atoms with van der Waals surface area (Å²) in [5.41, 5.74) is 3.83. The number of hydrogen-bond acceptors (Lipinski definition) is 6. The molecule has 0 unspecified atom stereocenters. The van der Waals surface area contributed by atoms with Crippen LogP contribution >= 0.6 is 11.8 Å². The highest BCUT2D eigenvalue weighted by atomic mass is 32.2. The summed E-state index contributed by atoms with van der Waals surface area (Å²) in [6.07, 6.45) is 0.752. The number of benzene rings is 3. The second-order valence-corrected chi connectivity index (χ2v) is 8.62. The zero-order chi connectivity index (χ0) is 23.3. The minimum Gasteiger partial charge on any atom is -0.497 e. The fourth-order valence-corrected chi connectivity index (χ4v) is 4.59. The molecule has 170 valence electrons. The number of hydrazone groups is 1. The Hall–Kier alpha value is -3.91. The topological polar surface area (TPSA) is 72.6 Å². The van der Waals surface area contributed by atoms with Crippen molar-refractivity contribution >= 4 is 23.4 Å². The van der Waals surface area contributed by atoms with E-state index in [4.69, 9.17) is 4.74 Å². The Morgan fingerprint density at radius 2 is 1.62 bits per heavy atom. The van der Waals surface area contributed by atoms with Crippen molar-refractivity contribution < 1.29 is 9.53 Å². The molecule has 0 saturated carbocycles. The van der Waals surface area contributed by atoms with Crippen molar-refractivity contribution in [2.24, 2.45) is 5.10 Å². The van der Waals surface area contributed by atoms with Crippen molar-refractivity contribution in [1.82, 2.24) is 19.8 Å². The highest BCUT2D eigenvalue weighted by Crippen LogP contribution is 2.29. The molecule has 8 heteroatoms. The molecule has 7 nitrogen and oxygen atoms in total. The summed E-state index contributed by atoms with van der Waals surface area (Å²) in [6, 6.07) is 27.6. The summed E-state index contributed by atoms with van der Waals surface area (Å²) in [5.74, 6) is 1.65. The molecular formula is C26H23N5O2S. The zero-order valence-electron chi connectivity index (χ0n) is 18.7. The highest BCUT2D eigenvalue weighted by molar-refractivity contribution is 7.99. The molecule has 1 amide bonds. The second kappa shape index (κ2) is 9.93. The normalized spacial score (nSPS) is 13.1. The molecule has 0 fully saturated rings. The number of para-hydroxylation sites is 1. The number of aromatic nitrogens is 3. The largest absolute Gasteiger partial charge is 0.497 e. The van der Waals surface area contributed by atoms with Gasteiger partial charge >= 0.3 is 0 Å². The van der Waals surface area contributed by atoms with Crippen LogP contribution in [-0.2, 0) is 4.79 Å². The van der Waals surface area contributed by atoms with Crippen LogP contribution in [0.3, 0.4) is 0 Å². The summed E-state index contributed by atoms with van der Waals surface area (Å²) < 4.78 is 7.25. The minimum atomic E-state index is -0.0514. The van der Waals surface area contributed by atoms with Crippen LogP contribution in [-0.4, -0.2) is 50.8 Å². The van der Waals surface area contributed by atoms with E-state index in [-0.39, 0.29) is 11.7 Å². The summed E-state index contributed by atoms with van der Waals surface area (Å²) in [6.45, 7) is 0.589. The van der Waals surface area contributed by atoms with Gasteiger partial charge in [-0.25, -0.2) is 5.01 Å².